The molecule has 0 spiro atoms. The smallest absolute Gasteiger partial charge is 0.211 e. The highest BCUT2D eigenvalue weighted by atomic mass is 32.2. The van der Waals surface area contributed by atoms with Crippen molar-refractivity contribution in [2.75, 3.05) is 25.4 Å². The van der Waals surface area contributed by atoms with Crippen molar-refractivity contribution in [2.45, 2.75) is 51.4 Å². The Hall–Kier alpha value is -0.130. The van der Waals surface area contributed by atoms with E-state index in [0.29, 0.717) is 24.1 Å². The van der Waals surface area contributed by atoms with E-state index in [9.17, 15) is 8.42 Å². The first-order valence-electron chi connectivity index (χ1n) is 7.84. The molecule has 2 aliphatic rings. The van der Waals surface area contributed by atoms with Gasteiger partial charge in [-0.15, -0.1) is 0 Å². The van der Waals surface area contributed by atoms with Gasteiger partial charge in [0.15, 0.2) is 0 Å². The Morgan fingerprint density at radius 2 is 1.63 bits per heavy atom. The maximum atomic E-state index is 12.0. The highest BCUT2D eigenvalue weighted by molar-refractivity contribution is 7.89. The third-order valence-electron chi connectivity index (χ3n) is 4.51. The average molecular weight is 288 g/mol. The van der Waals surface area contributed by atoms with Crippen LogP contribution in [0.5, 0.6) is 0 Å². The summed E-state index contributed by atoms with van der Waals surface area (Å²) in [4.78, 5) is 0. The van der Waals surface area contributed by atoms with Crippen LogP contribution in [0.25, 0.3) is 0 Å². The lowest BCUT2D eigenvalue weighted by molar-refractivity contribution is 0.353. The maximum Gasteiger partial charge on any atom is 0.211 e. The zero-order valence-corrected chi connectivity index (χ0v) is 12.7. The monoisotopic (exact) mass is 288 g/mol. The van der Waals surface area contributed by atoms with E-state index < -0.39 is 10.0 Å². The van der Waals surface area contributed by atoms with Crippen LogP contribution in [-0.4, -0.2) is 33.8 Å². The fourth-order valence-electron chi connectivity index (χ4n) is 3.31. The summed E-state index contributed by atoms with van der Waals surface area (Å²) in [7, 11) is -3.05. The molecule has 1 heterocycles. The van der Waals surface area contributed by atoms with Crippen molar-refractivity contribution in [3.63, 3.8) is 0 Å². The summed E-state index contributed by atoms with van der Waals surface area (Å²) in [6, 6.07) is 0. The van der Waals surface area contributed by atoms with Crippen LogP contribution in [0, 0.1) is 11.8 Å². The van der Waals surface area contributed by atoms with E-state index in [1.54, 1.807) is 0 Å². The van der Waals surface area contributed by atoms with E-state index in [4.69, 9.17) is 0 Å². The molecular formula is C14H28N2O2S. The van der Waals surface area contributed by atoms with E-state index in [2.05, 4.69) is 10.0 Å². The zero-order chi connectivity index (χ0) is 13.6. The largest absolute Gasteiger partial charge is 0.317 e. The standard InChI is InChI=1S/C14H28N2O2S/c17-19(18,12-14-4-2-1-3-5-14)16-11-8-13-6-9-15-10-7-13/h13-16H,1-12H2. The minimum Gasteiger partial charge on any atom is -0.317 e. The van der Waals surface area contributed by atoms with E-state index in [-0.39, 0.29) is 0 Å². The zero-order valence-electron chi connectivity index (χ0n) is 11.9. The average Bonchev–Trinajstić information content (AvgIpc) is 2.40. The molecule has 1 saturated carbocycles. The molecule has 0 bridgehead atoms. The second-order valence-corrected chi connectivity index (χ2v) is 8.01. The number of hydrogen-bond donors (Lipinski definition) is 2. The van der Waals surface area contributed by atoms with Gasteiger partial charge in [0.1, 0.15) is 0 Å². The molecule has 19 heavy (non-hydrogen) atoms. The van der Waals surface area contributed by atoms with Gasteiger partial charge in [0.25, 0.3) is 0 Å². The van der Waals surface area contributed by atoms with Crippen LogP contribution >= 0.6 is 0 Å². The van der Waals surface area contributed by atoms with Crippen molar-refractivity contribution in [1.29, 1.82) is 0 Å². The summed E-state index contributed by atoms with van der Waals surface area (Å²) in [6.45, 7) is 2.79. The Balaban J connectivity index is 1.65. The summed E-state index contributed by atoms with van der Waals surface area (Å²) in [5.41, 5.74) is 0. The third kappa shape index (κ3) is 5.79. The van der Waals surface area contributed by atoms with Gasteiger partial charge in [-0.3, -0.25) is 0 Å². The minimum absolute atomic E-state index is 0.346. The molecule has 112 valence electrons. The number of piperidine rings is 1. The van der Waals surface area contributed by atoms with Gasteiger partial charge in [-0.05, 0) is 57.0 Å². The van der Waals surface area contributed by atoms with Gasteiger partial charge in [0, 0.05) is 6.54 Å². The van der Waals surface area contributed by atoms with E-state index in [1.807, 2.05) is 0 Å². The Morgan fingerprint density at radius 3 is 2.32 bits per heavy atom. The van der Waals surface area contributed by atoms with Crippen LogP contribution in [0.3, 0.4) is 0 Å². The van der Waals surface area contributed by atoms with Crippen LogP contribution < -0.4 is 10.0 Å². The minimum atomic E-state index is -3.05. The van der Waals surface area contributed by atoms with E-state index in [0.717, 1.165) is 32.4 Å². The van der Waals surface area contributed by atoms with Crippen LogP contribution in [0.4, 0.5) is 0 Å². The molecule has 1 aliphatic carbocycles. The molecule has 0 radical (unpaired) electrons. The lowest BCUT2D eigenvalue weighted by Gasteiger charge is -2.23. The van der Waals surface area contributed by atoms with Crippen molar-refractivity contribution >= 4 is 10.0 Å². The summed E-state index contributed by atoms with van der Waals surface area (Å²) >= 11 is 0. The highest BCUT2D eigenvalue weighted by Crippen LogP contribution is 2.24. The molecular weight excluding hydrogens is 260 g/mol. The van der Waals surface area contributed by atoms with Crippen molar-refractivity contribution in [1.82, 2.24) is 10.0 Å². The second-order valence-electron chi connectivity index (χ2n) is 6.16. The van der Waals surface area contributed by atoms with Gasteiger partial charge in [-0.2, -0.15) is 0 Å². The summed E-state index contributed by atoms with van der Waals surface area (Å²) < 4.78 is 26.8. The van der Waals surface area contributed by atoms with Gasteiger partial charge in [0.05, 0.1) is 5.75 Å². The van der Waals surface area contributed by atoms with Gasteiger partial charge < -0.3 is 5.32 Å². The maximum absolute atomic E-state index is 12.0. The fraction of sp³-hybridized carbons (Fsp3) is 1.00. The Bertz CT molecular complexity index is 344. The van der Waals surface area contributed by atoms with Crippen molar-refractivity contribution in [2.24, 2.45) is 11.8 Å². The Kier molecular flexibility index (Phi) is 6.10. The Labute approximate surface area is 117 Å². The SMILES string of the molecule is O=S(=O)(CC1CCCCC1)NCCC1CCNCC1. The summed E-state index contributed by atoms with van der Waals surface area (Å²) in [5, 5.41) is 3.34. The van der Waals surface area contributed by atoms with Crippen molar-refractivity contribution < 1.29 is 8.42 Å². The summed E-state index contributed by atoms with van der Waals surface area (Å²) in [5.74, 6) is 1.43. The van der Waals surface area contributed by atoms with Gasteiger partial charge in [-0.25, -0.2) is 13.1 Å². The molecule has 0 aromatic carbocycles. The first-order valence-corrected chi connectivity index (χ1v) is 9.49. The predicted octanol–water partition coefficient (Wildman–Crippen LogP) is 1.88. The molecule has 4 nitrogen and oxygen atoms in total. The summed E-state index contributed by atoms with van der Waals surface area (Å²) in [6.07, 6.45) is 9.23. The quantitative estimate of drug-likeness (QED) is 0.784. The highest BCUT2D eigenvalue weighted by Gasteiger charge is 2.21. The lowest BCUT2D eigenvalue weighted by atomic mass is 9.91. The molecule has 2 fully saturated rings. The molecule has 5 heteroatoms. The second kappa shape index (κ2) is 7.60. The molecule has 0 amide bonds. The fourth-order valence-corrected chi connectivity index (χ4v) is 4.81. The molecule has 0 aromatic rings. The van der Waals surface area contributed by atoms with Crippen LogP contribution in [0.1, 0.15) is 51.4 Å². The normalized spacial score (nSPS) is 23.6. The third-order valence-corrected chi connectivity index (χ3v) is 6.07. The molecule has 2 N–H and O–H groups in total. The van der Waals surface area contributed by atoms with Crippen molar-refractivity contribution in [3.05, 3.63) is 0 Å². The van der Waals surface area contributed by atoms with E-state index >= 15 is 0 Å². The topological polar surface area (TPSA) is 58.2 Å². The van der Waals surface area contributed by atoms with Crippen LogP contribution in [0.2, 0.25) is 0 Å². The molecule has 2 rings (SSSR count). The van der Waals surface area contributed by atoms with Gasteiger partial charge >= 0.3 is 0 Å². The number of hydrogen-bond acceptors (Lipinski definition) is 3. The van der Waals surface area contributed by atoms with Gasteiger partial charge in [0.2, 0.25) is 10.0 Å². The molecule has 1 aliphatic heterocycles. The first kappa shape index (κ1) is 15.3. The lowest BCUT2D eigenvalue weighted by Crippen LogP contribution is -2.34. The van der Waals surface area contributed by atoms with Crippen LogP contribution in [-0.2, 0) is 10.0 Å². The predicted molar refractivity (Wildman–Crippen MR) is 78.6 cm³/mol. The Morgan fingerprint density at radius 1 is 0.947 bits per heavy atom. The number of rotatable bonds is 6. The molecule has 1 saturated heterocycles. The number of sulfonamides is 1. The molecule has 0 atom stereocenters. The van der Waals surface area contributed by atoms with Crippen molar-refractivity contribution in [3.8, 4) is 0 Å². The first-order chi connectivity index (χ1) is 9.16. The molecule has 0 unspecified atom stereocenters. The number of nitrogens with one attached hydrogen (secondary N) is 2. The van der Waals surface area contributed by atoms with E-state index in [1.165, 1.54) is 32.1 Å². The molecule has 0 aromatic heterocycles. The van der Waals surface area contributed by atoms with Gasteiger partial charge in [-0.1, -0.05) is 19.3 Å². The van der Waals surface area contributed by atoms with Crippen LogP contribution in [0.15, 0.2) is 0 Å².